The van der Waals surface area contributed by atoms with E-state index in [1.807, 2.05) is 6.07 Å². The van der Waals surface area contributed by atoms with Gasteiger partial charge in [0.25, 0.3) is 0 Å². The van der Waals surface area contributed by atoms with Crippen molar-refractivity contribution in [1.82, 2.24) is 4.90 Å². The molecular weight excluding hydrogens is 355 g/mol. The number of likely N-dealkylation sites (tertiary alicyclic amines) is 1. The smallest absolute Gasteiger partial charge is 0.228 e. The molecule has 1 saturated carbocycles. The molecule has 0 aromatic heterocycles. The fourth-order valence-electron chi connectivity index (χ4n) is 4.52. The highest BCUT2D eigenvalue weighted by Crippen LogP contribution is 2.59. The van der Waals surface area contributed by atoms with Crippen molar-refractivity contribution in [3.8, 4) is 5.75 Å². The first-order valence-electron chi connectivity index (χ1n) is 9.91. The van der Waals surface area contributed by atoms with Crippen molar-refractivity contribution in [2.75, 3.05) is 25.5 Å². The van der Waals surface area contributed by atoms with Crippen molar-refractivity contribution >= 4 is 11.6 Å². The van der Waals surface area contributed by atoms with E-state index in [9.17, 15) is 9.18 Å². The molecule has 1 spiro atoms. The van der Waals surface area contributed by atoms with Crippen molar-refractivity contribution in [3.63, 3.8) is 0 Å². The molecule has 0 radical (unpaired) electrons. The number of hydrogen-bond donors (Lipinski definition) is 1. The van der Waals surface area contributed by atoms with Gasteiger partial charge in [-0.3, -0.25) is 9.69 Å². The maximum Gasteiger partial charge on any atom is 0.228 e. The topological polar surface area (TPSA) is 41.6 Å². The first-order valence-corrected chi connectivity index (χ1v) is 9.91. The molecular formula is C23H27FN2O2. The summed E-state index contributed by atoms with van der Waals surface area (Å²) in [5.74, 6) is 0.683. The van der Waals surface area contributed by atoms with Crippen LogP contribution in [0.5, 0.6) is 5.75 Å². The van der Waals surface area contributed by atoms with E-state index in [-0.39, 0.29) is 23.1 Å². The second kappa shape index (κ2) is 7.55. The lowest BCUT2D eigenvalue weighted by Gasteiger charge is -2.33. The Balaban J connectivity index is 1.30. The minimum absolute atomic E-state index is 0.0322. The van der Waals surface area contributed by atoms with E-state index in [4.69, 9.17) is 4.74 Å². The molecule has 1 saturated heterocycles. The van der Waals surface area contributed by atoms with Gasteiger partial charge in [0.1, 0.15) is 11.6 Å². The Kier molecular flexibility index (Phi) is 5.11. The van der Waals surface area contributed by atoms with Gasteiger partial charge in [-0.25, -0.2) is 4.39 Å². The van der Waals surface area contributed by atoms with Crippen molar-refractivity contribution in [1.29, 1.82) is 0 Å². The molecule has 1 atom stereocenters. The molecule has 1 heterocycles. The van der Waals surface area contributed by atoms with Crippen LogP contribution in [0.4, 0.5) is 10.1 Å². The molecule has 4 nitrogen and oxygen atoms in total. The zero-order chi connectivity index (χ0) is 19.7. The number of halogens is 1. The summed E-state index contributed by atoms with van der Waals surface area (Å²) < 4.78 is 18.6. The number of rotatable bonds is 5. The minimum Gasteiger partial charge on any atom is -0.496 e. The Morgan fingerprint density at radius 2 is 2.04 bits per heavy atom. The lowest BCUT2D eigenvalue weighted by Crippen LogP contribution is -2.35. The number of benzene rings is 2. The van der Waals surface area contributed by atoms with Crippen LogP contribution in [0, 0.1) is 24.1 Å². The van der Waals surface area contributed by atoms with E-state index in [1.165, 1.54) is 17.7 Å². The summed E-state index contributed by atoms with van der Waals surface area (Å²) in [6.07, 6.45) is 3.04. The summed E-state index contributed by atoms with van der Waals surface area (Å²) >= 11 is 0. The molecule has 148 valence electrons. The second-order valence-corrected chi connectivity index (χ2v) is 8.20. The van der Waals surface area contributed by atoms with Gasteiger partial charge in [-0.2, -0.15) is 0 Å². The number of hydrogen-bond acceptors (Lipinski definition) is 3. The highest BCUT2D eigenvalue weighted by molar-refractivity contribution is 5.95. The first-order chi connectivity index (χ1) is 13.5. The third-order valence-electron chi connectivity index (χ3n) is 6.32. The van der Waals surface area contributed by atoms with Crippen molar-refractivity contribution in [2.24, 2.45) is 11.3 Å². The number of carbonyl (C=O) groups is 1. The number of aryl methyl sites for hydroxylation is 1. The van der Waals surface area contributed by atoms with Gasteiger partial charge >= 0.3 is 0 Å². The van der Waals surface area contributed by atoms with Crippen molar-refractivity contribution in [3.05, 3.63) is 59.4 Å². The van der Waals surface area contributed by atoms with Gasteiger partial charge in [-0.15, -0.1) is 0 Å². The SMILES string of the molecule is COc1ccc(CN2CCC3(CC2)CC3C(=O)Nc2cccc(F)c2)cc1C. The molecule has 4 rings (SSSR count). The standard InChI is InChI=1S/C23H27FN2O2/c1-16-12-17(6-7-21(16)28-2)15-26-10-8-23(9-11-26)14-20(23)22(27)25-19-5-3-4-18(24)13-19/h3-7,12-13,20H,8-11,14-15H2,1-2H3,(H,25,27). The Bertz CT molecular complexity index is 875. The molecule has 28 heavy (non-hydrogen) atoms. The lowest BCUT2D eigenvalue weighted by atomic mass is 9.90. The summed E-state index contributed by atoms with van der Waals surface area (Å²) in [6, 6.07) is 12.4. The van der Waals surface area contributed by atoms with E-state index in [0.29, 0.717) is 5.69 Å². The summed E-state index contributed by atoms with van der Waals surface area (Å²) in [7, 11) is 1.70. The maximum absolute atomic E-state index is 13.3. The van der Waals surface area contributed by atoms with Crippen LogP contribution in [0.3, 0.4) is 0 Å². The summed E-state index contributed by atoms with van der Waals surface area (Å²) in [6.45, 7) is 5.02. The molecule has 1 unspecified atom stereocenters. The zero-order valence-corrected chi connectivity index (χ0v) is 16.5. The number of methoxy groups -OCH3 is 1. The van der Waals surface area contributed by atoms with Crippen LogP contribution in [0.25, 0.3) is 0 Å². The maximum atomic E-state index is 13.3. The third-order valence-corrected chi connectivity index (χ3v) is 6.32. The van der Waals surface area contributed by atoms with Crippen LogP contribution in [0.1, 0.15) is 30.4 Å². The number of nitrogens with one attached hydrogen (secondary N) is 1. The fourth-order valence-corrected chi connectivity index (χ4v) is 4.52. The van der Waals surface area contributed by atoms with E-state index in [0.717, 1.165) is 50.2 Å². The molecule has 1 N–H and O–H groups in total. The fraction of sp³-hybridized carbons (Fsp3) is 0.435. The Hall–Kier alpha value is -2.40. The number of carbonyl (C=O) groups excluding carboxylic acids is 1. The minimum atomic E-state index is -0.328. The van der Waals surface area contributed by atoms with E-state index >= 15 is 0 Å². The zero-order valence-electron chi connectivity index (χ0n) is 16.5. The van der Waals surface area contributed by atoms with Gasteiger partial charge in [-0.1, -0.05) is 18.2 Å². The van der Waals surface area contributed by atoms with Gasteiger partial charge in [-0.05, 0) is 80.1 Å². The monoisotopic (exact) mass is 382 g/mol. The van der Waals surface area contributed by atoms with Crippen molar-refractivity contribution < 1.29 is 13.9 Å². The Morgan fingerprint density at radius 1 is 1.25 bits per heavy atom. The predicted octanol–water partition coefficient (Wildman–Crippen LogP) is 4.38. The van der Waals surface area contributed by atoms with Crippen LogP contribution in [0.15, 0.2) is 42.5 Å². The Labute approximate surface area is 165 Å². The number of nitrogens with zero attached hydrogens (tertiary/aromatic N) is 1. The average molecular weight is 382 g/mol. The molecule has 1 amide bonds. The third kappa shape index (κ3) is 3.90. The van der Waals surface area contributed by atoms with Gasteiger partial charge in [0.15, 0.2) is 0 Å². The summed E-state index contributed by atoms with van der Waals surface area (Å²) in [5, 5.41) is 2.88. The number of anilines is 1. The van der Waals surface area contributed by atoms with Crippen LogP contribution in [-0.2, 0) is 11.3 Å². The van der Waals surface area contributed by atoms with Crippen LogP contribution < -0.4 is 10.1 Å². The quantitative estimate of drug-likeness (QED) is 0.834. The normalized spacial score (nSPS) is 20.8. The Morgan fingerprint density at radius 3 is 2.71 bits per heavy atom. The van der Waals surface area contributed by atoms with Gasteiger partial charge in [0.05, 0.1) is 7.11 Å². The molecule has 0 bridgehead atoms. The van der Waals surface area contributed by atoms with Crippen LogP contribution in [0.2, 0.25) is 0 Å². The highest BCUT2D eigenvalue weighted by Gasteiger charge is 2.58. The molecule has 2 aromatic rings. The van der Waals surface area contributed by atoms with Crippen LogP contribution >= 0.6 is 0 Å². The van der Waals surface area contributed by atoms with Gasteiger partial charge in [0.2, 0.25) is 5.91 Å². The molecule has 5 heteroatoms. The predicted molar refractivity (Wildman–Crippen MR) is 108 cm³/mol. The van der Waals surface area contributed by atoms with E-state index in [2.05, 4.69) is 29.3 Å². The highest BCUT2D eigenvalue weighted by atomic mass is 19.1. The summed E-state index contributed by atoms with van der Waals surface area (Å²) in [5.41, 5.74) is 3.14. The molecule has 2 aliphatic rings. The first kappa shape index (κ1) is 18.9. The van der Waals surface area contributed by atoms with Crippen molar-refractivity contribution in [2.45, 2.75) is 32.7 Å². The average Bonchev–Trinajstić information content (AvgIpc) is 3.38. The van der Waals surface area contributed by atoms with E-state index in [1.54, 1.807) is 19.2 Å². The number of piperidine rings is 1. The summed E-state index contributed by atoms with van der Waals surface area (Å²) in [4.78, 5) is 15.0. The van der Waals surface area contributed by atoms with Crippen LogP contribution in [-0.4, -0.2) is 31.0 Å². The molecule has 2 aromatic carbocycles. The van der Waals surface area contributed by atoms with Gasteiger partial charge in [0, 0.05) is 18.2 Å². The molecule has 1 aliphatic heterocycles. The molecule has 1 aliphatic carbocycles. The second-order valence-electron chi connectivity index (χ2n) is 8.20. The largest absolute Gasteiger partial charge is 0.496 e. The lowest BCUT2D eigenvalue weighted by molar-refractivity contribution is -0.118. The molecule has 2 fully saturated rings. The van der Waals surface area contributed by atoms with E-state index < -0.39 is 0 Å². The van der Waals surface area contributed by atoms with Gasteiger partial charge < -0.3 is 10.1 Å². The number of amides is 1. The number of ether oxygens (including phenoxy) is 1.